The van der Waals surface area contributed by atoms with Crippen LogP contribution in [0.2, 0.25) is 0 Å². The van der Waals surface area contributed by atoms with E-state index in [9.17, 15) is 18.0 Å². The molecule has 2 aromatic heterocycles. The number of amides is 1. The predicted octanol–water partition coefficient (Wildman–Crippen LogP) is 4.79. The maximum atomic E-state index is 13.5. The molecule has 0 spiro atoms. The largest absolute Gasteiger partial charge is 0.298 e. The Morgan fingerprint density at radius 2 is 2.00 bits per heavy atom. The van der Waals surface area contributed by atoms with Crippen molar-refractivity contribution in [2.45, 2.75) is 0 Å². The third-order valence-electron chi connectivity index (χ3n) is 2.57. The first-order chi connectivity index (χ1) is 9.95. The van der Waals surface area contributed by atoms with Gasteiger partial charge in [-0.1, -0.05) is 11.3 Å². The molecule has 1 N–H and O–H groups in total. The SMILES string of the molecule is O=C(Nc1nc2c(F)c(F)c(F)cc2s1)c1csc(Br)c1. The molecule has 2 heterocycles. The van der Waals surface area contributed by atoms with Crippen LogP contribution in [0.1, 0.15) is 10.4 Å². The number of nitrogens with one attached hydrogen (secondary N) is 1. The number of thiazole rings is 1. The Labute approximate surface area is 132 Å². The average molecular weight is 393 g/mol. The van der Waals surface area contributed by atoms with E-state index in [0.29, 0.717) is 5.56 Å². The summed E-state index contributed by atoms with van der Waals surface area (Å²) in [7, 11) is 0. The van der Waals surface area contributed by atoms with Crippen molar-refractivity contribution in [1.82, 2.24) is 4.98 Å². The van der Waals surface area contributed by atoms with Crippen LogP contribution in [0.4, 0.5) is 18.3 Å². The lowest BCUT2D eigenvalue weighted by Gasteiger charge is -1.97. The number of anilines is 1. The zero-order chi connectivity index (χ0) is 15.1. The number of hydrogen-bond donors (Lipinski definition) is 1. The van der Waals surface area contributed by atoms with Crippen LogP contribution in [-0.4, -0.2) is 10.9 Å². The van der Waals surface area contributed by atoms with E-state index in [4.69, 9.17) is 0 Å². The molecule has 9 heteroatoms. The van der Waals surface area contributed by atoms with Crippen molar-refractivity contribution >= 4 is 59.9 Å². The van der Waals surface area contributed by atoms with Gasteiger partial charge in [-0.3, -0.25) is 10.1 Å². The van der Waals surface area contributed by atoms with Crippen LogP contribution in [0.3, 0.4) is 0 Å². The molecule has 0 atom stereocenters. The van der Waals surface area contributed by atoms with Gasteiger partial charge in [0.2, 0.25) is 0 Å². The first-order valence-corrected chi connectivity index (χ1v) is 7.94. The molecule has 0 bridgehead atoms. The van der Waals surface area contributed by atoms with Crippen molar-refractivity contribution in [2.24, 2.45) is 0 Å². The van der Waals surface area contributed by atoms with Crippen LogP contribution in [-0.2, 0) is 0 Å². The molecule has 0 aliphatic heterocycles. The van der Waals surface area contributed by atoms with Gasteiger partial charge in [-0.05, 0) is 28.1 Å². The van der Waals surface area contributed by atoms with Crippen molar-refractivity contribution in [3.63, 3.8) is 0 Å². The van der Waals surface area contributed by atoms with E-state index in [1.54, 1.807) is 11.4 Å². The van der Waals surface area contributed by atoms with Gasteiger partial charge in [0.15, 0.2) is 22.6 Å². The van der Waals surface area contributed by atoms with Crippen molar-refractivity contribution in [3.05, 3.63) is 44.3 Å². The maximum absolute atomic E-state index is 13.5. The van der Waals surface area contributed by atoms with Crippen LogP contribution < -0.4 is 5.32 Å². The summed E-state index contributed by atoms with van der Waals surface area (Å²) in [6.45, 7) is 0. The van der Waals surface area contributed by atoms with Crippen molar-refractivity contribution < 1.29 is 18.0 Å². The molecule has 0 saturated heterocycles. The zero-order valence-electron chi connectivity index (χ0n) is 9.92. The zero-order valence-corrected chi connectivity index (χ0v) is 13.1. The molecule has 1 aromatic carbocycles. The number of carbonyl (C=O) groups is 1. The lowest BCUT2D eigenvalue weighted by molar-refractivity contribution is 0.102. The highest BCUT2D eigenvalue weighted by molar-refractivity contribution is 9.11. The highest BCUT2D eigenvalue weighted by Crippen LogP contribution is 2.31. The summed E-state index contributed by atoms with van der Waals surface area (Å²) in [6.07, 6.45) is 0. The molecule has 0 aliphatic rings. The lowest BCUT2D eigenvalue weighted by atomic mass is 10.3. The van der Waals surface area contributed by atoms with Crippen LogP contribution in [0, 0.1) is 17.5 Å². The van der Waals surface area contributed by atoms with Crippen molar-refractivity contribution in [3.8, 4) is 0 Å². The number of carbonyl (C=O) groups excluding carboxylic acids is 1. The quantitative estimate of drug-likeness (QED) is 0.637. The van der Waals surface area contributed by atoms with E-state index in [-0.39, 0.29) is 15.3 Å². The van der Waals surface area contributed by atoms with Gasteiger partial charge in [0.25, 0.3) is 5.91 Å². The monoisotopic (exact) mass is 392 g/mol. The smallest absolute Gasteiger partial charge is 0.258 e. The van der Waals surface area contributed by atoms with Crippen molar-refractivity contribution in [2.75, 3.05) is 5.32 Å². The third kappa shape index (κ3) is 2.68. The number of rotatable bonds is 2. The highest BCUT2D eigenvalue weighted by atomic mass is 79.9. The number of halogens is 4. The second kappa shape index (κ2) is 5.39. The topological polar surface area (TPSA) is 42.0 Å². The minimum atomic E-state index is -1.58. The molecule has 108 valence electrons. The van der Waals surface area contributed by atoms with Crippen molar-refractivity contribution in [1.29, 1.82) is 0 Å². The fourth-order valence-corrected chi connectivity index (χ4v) is 3.65. The molecule has 3 nitrogen and oxygen atoms in total. The molecule has 21 heavy (non-hydrogen) atoms. The summed E-state index contributed by atoms with van der Waals surface area (Å²) in [5, 5.41) is 4.17. The molecule has 0 radical (unpaired) electrons. The number of nitrogens with zero attached hydrogens (tertiary/aromatic N) is 1. The minimum absolute atomic E-state index is 0.0706. The Morgan fingerprint density at radius 3 is 2.67 bits per heavy atom. The molecule has 3 rings (SSSR count). The summed E-state index contributed by atoms with van der Waals surface area (Å²) >= 11 is 5.43. The standard InChI is InChI=1S/C12H4BrF3N2OS2/c13-7-1-4(3-20-7)11(19)18-12-17-10-6(21-12)2-5(14)8(15)9(10)16/h1-3H,(H,17,18,19). The summed E-state index contributed by atoms with van der Waals surface area (Å²) in [5.41, 5.74) is 0.102. The molecular formula is C12H4BrF3N2OS2. The normalized spacial score (nSPS) is 11.0. The Hall–Kier alpha value is -1.45. The van der Waals surface area contributed by atoms with E-state index in [1.807, 2.05) is 0 Å². The van der Waals surface area contributed by atoms with Crippen LogP contribution in [0.25, 0.3) is 10.2 Å². The number of fused-ring (bicyclic) bond motifs is 1. The third-order valence-corrected chi connectivity index (χ3v) is 4.99. The first kappa shape index (κ1) is 14.5. The summed E-state index contributed by atoms with van der Waals surface area (Å²) < 4.78 is 40.7. The summed E-state index contributed by atoms with van der Waals surface area (Å²) in [4.78, 5) is 15.7. The molecular weight excluding hydrogens is 389 g/mol. The average Bonchev–Trinajstić information content (AvgIpc) is 3.02. The number of benzene rings is 1. The molecule has 1 amide bonds. The minimum Gasteiger partial charge on any atom is -0.298 e. The number of hydrogen-bond acceptors (Lipinski definition) is 4. The van der Waals surface area contributed by atoms with Gasteiger partial charge in [-0.15, -0.1) is 11.3 Å². The lowest BCUT2D eigenvalue weighted by Crippen LogP contribution is -2.10. The van der Waals surface area contributed by atoms with Gasteiger partial charge in [-0.2, -0.15) is 0 Å². The van der Waals surface area contributed by atoms with Crippen LogP contribution in [0.5, 0.6) is 0 Å². The molecule has 0 unspecified atom stereocenters. The van der Waals surface area contributed by atoms with Gasteiger partial charge in [0.1, 0.15) is 5.52 Å². The van der Waals surface area contributed by atoms with Gasteiger partial charge in [0, 0.05) is 5.38 Å². The Bertz CT molecular complexity index is 862. The highest BCUT2D eigenvalue weighted by Gasteiger charge is 2.18. The number of thiophene rings is 1. The van der Waals surface area contributed by atoms with Gasteiger partial charge in [-0.25, -0.2) is 18.2 Å². The van der Waals surface area contributed by atoms with E-state index in [0.717, 1.165) is 21.2 Å². The summed E-state index contributed by atoms with van der Waals surface area (Å²) in [6, 6.07) is 2.47. The fraction of sp³-hybridized carbons (Fsp3) is 0. The second-order valence-corrected chi connectivity index (χ2v) is 7.27. The van der Waals surface area contributed by atoms with E-state index in [1.165, 1.54) is 11.3 Å². The molecule has 0 fully saturated rings. The maximum Gasteiger partial charge on any atom is 0.258 e. The van der Waals surface area contributed by atoms with Gasteiger partial charge >= 0.3 is 0 Å². The molecule has 3 aromatic rings. The Kier molecular flexibility index (Phi) is 3.72. The Morgan fingerprint density at radius 1 is 1.24 bits per heavy atom. The predicted molar refractivity (Wildman–Crippen MR) is 79.5 cm³/mol. The van der Waals surface area contributed by atoms with E-state index >= 15 is 0 Å². The van der Waals surface area contributed by atoms with Crippen LogP contribution in [0.15, 0.2) is 21.3 Å². The molecule has 0 saturated carbocycles. The van der Waals surface area contributed by atoms with E-state index in [2.05, 4.69) is 26.2 Å². The van der Waals surface area contributed by atoms with Crippen LogP contribution >= 0.6 is 38.6 Å². The molecule has 0 aliphatic carbocycles. The Balaban J connectivity index is 1.95. The fourth-order valence-electron chi connectivity index (χ4n) is 1.63. The first-order valence-electron chi connectivity index (χ1n) is 5.45. The summed E-state index contributed by atoms with van der Waals surface area (Å²) in [5.74, 6) is -4.66. The second-order valence-electron chi connectivity index (χ2n) is 3.95. The van der Waals surface area contributed by atoms with Gasteiger partial charge < -0.3 is 0 Å². The van der Waals surface area contributed by atoms with E-state index < -0.39 is 23.4 Å². The van der Waals surface area contributed by atoms with Gasteiger partial charge in [0.05, 0.1) is 14.0 Å². The number of aromatic nitrogens is 1.